The summed E-state index contributed by atoms with van der Waals surface area (Å²) in [5.74, 6) is 0.731. The van der Waals surface area contributed by atoms with Crippen molar-refractivity contribution in [3.05, 3.63) is 23.9 Å². The summed E-state index contributed by atoms with van der Waals surface area (Å²) in [5, 5.41) is 13.9. The van der Waals surface area contributed by atoms with Crippen molar-refractivity contribution in [3.8, 4) is 11.8 Å². The summed E-state index contributed by atoms with van der Waals surface area (Å²) in [6, 6.07) is 7.53. The van der Waals surface area contributed by atoms with E-state index in [1.807, 2.05) is 18.2 Å². The average molecular weight is 217 g/mol. The summed E-state index contributed by atoms with van der Waals surface area (Å²) in [6.07, 6.45) is 0. The SMILES string of the molecule is COCn1nc(C#N)c2ccc(OC)cc21. The number of fused-ring (bicyclic) bond motifs is 1. The Balaban J connectivity index is 2.66. The van der Waals surface area contributed by atoms with Gasteiger partial charge in [0.15, 0.2) is 5.69 Å². The van der Waals surface area contributed by atoms with Crippen LogP contribution in [-0.2, 0) is 11.5 Å². The number of rotatable bonds is 3. The molecule has 16 heavy (non-hydrogen) atoms. The summed E-state index contributed by atoms with van der Waals surface area (Å²) in [5.41, 5.74) is 1.23. The van der Waals surface area contributed by atoms with Gasteiger partial charge in [-0.2, -0.15) is 10.4 Å². The third kappa shape index (κ3) is 1.59. The molecule has 82 valence electrons. The quantitative estimate of drug-likeness (QED) is 0.782. The largest absolute Gasteiger partial charge is 0.497 e. The van der Waals surface area contributed by atoms with Crippen LogP contribution < -0.4 is 4.74 Å². The molecule has 0 radical (unpaired) electrons. The Morgan fingerprint density at radius 3 is 2.88 bits per heavy atom. The number of aromatic nitrogens is 2. The molecule has 0 atom stereocenters. The number of nitrogens with zero attached hydrogens (tertiary/aromatic N) is 3. The zero-order chi connectivity index (χ0) is 11.5. The van der Waals surface area contributed by atoms with Gasteiger partial charge in [0.05, 0.1) is 12.6 Å². The van der Waals surface area contributed by atoms with Crippen LogP contribution in [0.5, 0.6) is 5.75 Å². The lowest BCUT2D eigenvalue weighted by Crippen LogP contribution is -2.01. The zero-order valence-corrected chi connectivity index (χ0v) is 9.10. The fourth-order valence-electron chi connectivity index (χ4n) is 1.58. The van der Waals surface area contributed by atoms with Crippen molar-refractivity contribution in [2.45, 2.75) is 6.73 Å². The van der Waals surface area contributed by atoms with E-state index in [1.165, 1.54) is 0 Å². The molecule has 1 heterocycles. The van der Waals surface area contributed by atoms with Crippen molar-refractivity contribution in [2.24, 2.45) is 0 Å². The molecule has 2 rings (SSSR count). The highest BCUT2D eigenvalue weighted by molar-refractivity contribution is 5.85. The second kappa shape index (κ2) is 4.21. The normalized spacial score (nSPS) is 10.3. The van der Waals surface area contributed by atoms with Crippen LogP contribution in [0.1, 0.15) is 5.69 Å². The second-order valence-electron chi connectivity index (χ2n) is 3.26. The molecule has 2 aromatic rings. The molecule has 0 saturated heterocycles. The fraction of sp³-hybridized carbons (Fsp3) is 0.273. The highest BCUT2D eigenvalue weighted by Crippen LogP contribution is 2.23. The first-order chi connectivity index (χ1) is 7.80. The summed E-state index contributed by atoms with van der Waals surface area (Å²) in [4.78, 5) is 0. The Labute approximate surface area is 92.8 Å². The monoisotopic (exact) mass is 217 g/mol. The van der Waals surface area contributed by atoms with E-state index < -0.39 is 0 Å². The van der Waals surface area contributed by atoms with Crippen LogP contribution in [0, 0.1) is 11.3 Å². The van der Waals surface area contributed by atoms with E-state index in [0.717, 1.165) is 16.7 Å². The minimum Gasteiger partial charge on any atom is -0.497 e. The van der Waals surface area contributed by atoms with E-state index in [4.69, 9.17) is 14.7 Å². The van der Waals surface area contributed by atoms with E-state index in [2.05, 4.69) is 11.2 Å². The minimum atomic E-state index is 0.311. The molecular weight excluding hydrogens is 206 g/mol. The number of methoxy groups -OCH3 is 2. The zero-order valence-electron chi connectivity index (χ0n) is 9.10. The van der Waals surface area contributed by atoms with Crippen molar-refractivity contribution in [2.75, 3.05) is 14.2 Å². The summed E-state index contributed by atoms with van der Waals surface area (Å²) >= 11 is 0. The van der Waals surface area contributed by atoms with Crippen molar-refractivity contribution in [1.82, 2.24) is 9.78 Å². The van der Waals surface area contributed by atoms with Crippen molar-refractivity contribution in [3.63, 3.8) is 0 Å². The van der Waals surface area contributed by atoms with Gasteiger partial charge in [0.1, 0.15) is 18.5 Å². The molecular formula is C11H11N3O2. The van der Waals surface area contributed by atoms with Crippen molar-refractivity contribution >= 4 is 10.9 Å². The maximum absolute atomic E-state index is 8.95. The Kier molecular flexibility index (Phi) is 2.75. The van der Waals surface area contributed by atoms with Gasteiger partial charge in [0.25, 0.3) is 0 Å². The van der Waals surface area contributed by atoms with E-state index in [1.54, 1.807) is 18.9 Å². The Morgan fingerprint density at radius 2 is 2.25 bits per heavy atom. The molecule has 0 aliphatic carbocycles. The Bertz CT molecular complexity index is 554. The second-order valence-corrected chi connectivity index (χ2v) is 3.26. The van der Waals surface area contributed by atoms with Gasteiger partial charge < -0.3 is 9.47 Å². The predicted octanol–water partition coefficient (Wildman–Crippen LogP) is 1.52. The first kappa shape index (κ1) is 10.5. The number of hydrogen-bond acceptors (Lipinski definition) is 4. The molecule has 0 saturated carbocycles. The third-order valence-corrected chi connectivity index (χ3v) is 2.32. The lowest BCUT2D eigenvalue weighted by atomic mass is 10.2. The molecule has 0 N–H and O–H groups in total. The number of ether oxygens (including phenoxy) is 2. The maximum Gasteiger partial charge on any atom is 0.170 e. The first-order valence-electron chi connectivity index (χ1n) is 4.73. The van der Waals surface area contributed by atoms with Gasteiger partial charge in [-0.15, -0.1) is 0 Å². The number of nitriles is 1. The summed E-state index contributed by atoms with van der Waals surface area (Å²) in [6.45, 7) is 0.311. The van der Waals surface area contributed by atoms with Gasteiger partial charge in [-0.05, 0) is 12.1 Å². The molecule has 1 aromatic heterocycles. The van der Waals surface area contributed by atoms with Crippen LogP contribution in [0.4, 0.5) is 0 Å². The Morgan fingerprint density at radius 1 is 1.44 bits per heavy atom. The highest BCUT2D eigenvalue weighted by atomic mass is 16.5. The van der Waals surface area contributed by atoms with E-state index in [0.29, 0.717) is 12.4 Å². The average Bonchev–Trinajstić information content (AvgIpc) is 2.67. The molecule has 0 unspecified atom stereocenters. The summed E-state index contributed by atoms with van der Waals surface area (Å²) < 4.78 is 11.8. The molecule has 0 aliphatic heterocycles. The minimum absolute atomic E-state index is 0.311. The molecule has 0 bridgehead atoms. The van der Waals surface area contributed by atoms with Crippen LogP contribution in [0.2, 0.25) is 0 Å². The number of benzene rings is 1. The third-order valence-electron chi connectivity index (χ3n) is 2.32. The molecule has 0 fully saturated rings. The highest BCUT2D eigenvalue weighted by Gasteiger charge is 2.10. The van der Waals surface area contributed by atoms with E-state index in [-0.39, 0.29) is 0 Å². The molecule has 0 spiro atoms. The van der Waals surface area contributed by atoms with Gasteiger partial charge >= 0.3 is 0 Å². The summed E-state index contributed by atoms with van der Waals surface area (Å²) in [7, 11) is 3.18. The standard InChI is InChI=1S/C11H11N3O2/c1-15-7-14-11-5-8(16-2)3-4-9(11)10(6-12)13-14/h3-5H,7H2,1-2H3. The van der Waals surface area contributed by atoms with E-state index >= 15 is 0 Å². The van der Waals surface area contributed by atoms with Crippen molar-refractivity contribution in [1.29, 1.82) is 5.26 Å². The lowest BCUT2D eigenvalue weighted by Gasteiger charge is -2.02. The van der Waals surface area contributed by atoms with Gasteiger partial charge in [-0.1, -0.05) is 0 Å². The molecule has 0 aliphatic rings. The maximum atomic E-state index is 8.95. The van der Waals surface area contributed by atoms with Crippen LogP contribution in [0.15, 0.2) is 18.2 Å². The lowest BCUT2D eigenvalue weighted by molar-refractivity contribution is 0.124. The predicted molar refractivity (Wildman–Crippen MR) is 58.0 cm³/mol. The first-order valence-corrected chi connectivity index (χ1v) is 4.73. The smallest absolute Gasteiger partial charge is 0.170 e. The fourth-order valence-corrected chi connectivity index (χ4v) is 1.58. The molecule has 5 heteroatoms. The van der Waals surface area contributed by atoms with Gasteiger partial charge in [0, 0.05) is 18.6 Å². The Hall–Kier alpha value is -2.06. The van der Waals surface area contributed by atoms with Crippen LogP contribution in [0.25, 0.3) is 10.9 Å². The molecule has 5 nitrogen and oxygen atoms in total. The van der Waals surface area contributed by atoms with Crippen LogP contribution in [0.3, 0.4) is 0 Å². The van der Waals surface area contributed by atoms with Gasteiger partial charge in [-0.3, -0.25) is 0 Å². The van der Waals surface area contributed by atoms with Crippen LogP contribution in [-0.4, -0.2) is 24.0 Å². The van der Waals surface area contributed by atoms with Gasteiger partial charge in [-0.25, -0.2) is 4.68 Å². The van der Waals surface area contributed by atoms with E-state index in [9.17, 15) is 0 Å². The topological polar surface area (TPSA) is 60.1 Å². The van der Waals surface area contributed by atoms with Crippen molar-refractivity contribution < 1.29 is 9.47 Å². The molecule has 1 aromatic carbocycles. The van der Waals surface area contributed by atoms with Crippen LogP contribution >= 0.6 is 0 Å². The molecule has 0 amide bonds. The number of hydrogen-bond donors (Lipinski definition) is 0. The van der Waals surface area contributed by atoms with Gasteiger partial charge in [0.2, 0.25) is 0 Å².